The van der Waals surface area contributed by atoms with Gasteiger partial charge < -0.3 is 5.32 Å². The second kappa shape index (κ2) is 4.76. The van der Waals surface area contributed by atoms with Crippen LogP contribution in [0, 0.1) is 5.92 Å². The molecule has 0 aromatic carbocycles. The number of hydrogen-bond acceptors (Lipinski definition) is 3. The molecule has 0 saturated heterocycles. The topological polar surface area (TPSA) is 29.1 Å². The van der Waals surface area contributed by atoms with Crippen LogP contribution in [0.4, 0.5) is 0 Å². The fraction of sp³-hybridized carbons (Fsp3) is 0.636. The van der Waals surface area contributed by atoms with Crippen LogP contribution in [0.5, 0.6) is 0 Å². The van der Waals surface area contributed by atoms with E-state index in [2.05, 4.69) is 12.2 Å². The van der Waals surface area contributed by atoms with Crippen LogP contribution in [0.25, 0.3) is 0 Å². The molecular formula is C11H17NOS2. The molecule has 1 heterocycles. The number of nitrogens with one attached hydrogen (secondary N) is 1. The Morgan fingerprint density at radius 3 is 2.87 bits per heavy atom. The van der Waals surface area contributed by atoms with Crippen LogP contribution in [0.2, 0.25) is 0 Å². The molecule has 1 aromatic heterocycles. The predicted octanol–water partition coefficient (Wildman–Crippen LogP) is 2.24. The van der Waals surface area contributed by atoms with Crippen molar-refractivity contribution in [3.05, 3.63) is 17.5 Å². The molecule has 0 spiro atoms. The molecule has 84 valence electrons. The van der Waals surface area contributed by atoms with Crippen LogP contribution < -0.4 is 5.32 Å². The van der Waals surface area contributed by atoms with Gasteiger partial charge in [-0.25, -0.2) is 0 Å². The van der Waals surface area contributed by atoms with Gasteiger partial charge in [-0.05, 0) is 37.3 Å². The lowest BCUT2D eigenvalue weighted by Gasteiger charge is -2.19. The standard InChI is InChI=1S/C11H17NOS2/c1-8-9(12-2)5-6-10(8)15(13)11-4-3-7-14-11/h3-4,7-10,12H,5-6H2,1-2H3. The molecular weight excluding hydrogens is 226 g/mol. The first kappa shape index (κ1) is 11.3. The zero-order valence-electron chi connectivity index (χ0n) is 9.10. The third kappa shape index (κ3) is 2.17. The van der Waals surface area contributed by atoms with E-state index in [0.29, 0.717) is 17.2 Å². The fourth-order valence-electron chi connectivity index (χ4n) is 2.37. The Morgan fingerprint density at radius 1 is 1.53 bits per heavy atom. The molecule has 0 aliphatic heterocycles. The lowest BCUT2D eigenvalue weighted by molar-refractivity contribution is 0.460. The van der Waals surface area contributed by atoms with Gasteiger partial charge in [0.05, 0.1) is 15.0 Å². The molecule has 1 N–H and O–H groups in total. The Bertz CT molecular complexity index is 336. The SMILES string of the molecule is CNC1CCC(S(=O)c2cccs2)C1C. The summed E-state index contributed by atoms with van der Waals surface area (Å²) in [5.41, 5.74) is 0. The zero-order valence-corrected chi connectivity index (χ0v) is 10.7. The molecule has 4 heteroatoms. The van der Waals surface area contributed by atoms with Crippen LogP contribution >= 0.6 is 11.3 Å². The smallest absolute Gasteiger partial charge is 0.0913 e. The molecule has 1 saturated carbocycles. The van der Waals surface area contributed by atoms with E-state index in [1.807, 2.05) is 24.6 Å². The molecule has 0 amide bonds. The Morgan fingerprint density at radius 2 is 2.33 bits per heavy atom. The Hall–Kier alpha value is -0.190. The highest BCUT2D eigenvalue weighted by Gasteiger charge is 2.36. The van der Waals surface area contributed by atoms with Crippen LogP contribution in [-0.4, -0.2) is 22.5 Å². The van der Waals surface area contributed by atoms with Crippen LogP contribution in [-0.2, 0) is 10.8 Å². The lowest BCUT2D eigenvalue weighted by Crippen LogP contribution is -2.32. The predicted molar refractivity (Wildman–Crippen MR) is 65.8 cm³/mol. The minimum Gasteiger partial charge on any atom is -0.317 e. The van der Waals surface area contributed by atoms with E-state index in [1.54, 1.807) is 11.3 Å². The number of thiophene rings is 1. The van der Waals surface area contributed by atoms with Gasteiger partial charge in [0.1, 0.15) is 0 Å². The summed E-state index contributed by atoms with van der Waals surface area (Å²) < 4.78 is 13.3. The molecule has 1 aromatic rings. The van der Waals surface area contributed by atoms with E-state index >= 15 is 0 Å². The van der Waals surface area contributed by atoms with Crippen molar-refractivity contribution >= 4 is 22.1 Å². The fourth-order valence-corrected chi connectivity index (χ4v) is 5.17. The van der Waals surface area contributed by atoms with Crippen molar-refractivity contribution in [2.75, 3.05) is 7.05 Å². The summed E-state index contributed by atoms with van der Waals surface area (Å²) in [7, 11) is 1.20. The highest BCUT2D eigenvalue weighted by atomic mass is 32.2. The summed E-state index contributed by atoms with van der Waals surface area (Å²) >= 11 is 1.61. The van der Waals surface area contributed by atoms with Gasteiger partial charge in [-0.3, -0.25) is 4.21 Å². The van der Waals surface area contributed by atoms with Crippen molar-refractivity contribution in [3.63, 3.8) is 0 Å². The molecule has 0 bridgehead atoms. The molecule has 1 aliphatic rings. The van der Waals surface area contributed by atoms with Gasteiger partial charge in [0.15, 0.2) is 0 Å². The summed E-state index contributed by atoms with van der Waals surface area (Å²) in [6.07, 6.45) is 2.23. The molecule has 15 heavy (non-hydrogen) atoms. The van der Waals surface area contributed by atoms with Gasteiger partial charge in [-0.1, -0.05) is 13.0 Å². The van der Waals surface area contributed by atoms with Gasteiger partial charge in [0.2, 0.25) is 0 Å². The second-order valence-corrected chi connectivity index (χ2v) is 6.95. The average Bonchev–Trinajstić information content (AvgIpc) is 2.85. The van der Waals surface area contributed by atoms with E-state index < -0.39 is 10.8 Å². The zero-order chi connectivity index (χ0) is 10.8. The van der Waals surface area contributed by atoms with Gasteiger partial charge in [-0.15, -0.1) is 11.3 Å². The minimum absolute atomic E-state index is 0.334. The molecule has 1 fully saturated rings. The monoisotopic (exact) mass is 243 g/mol. The Labute approximate surface area is 97.5 Å². The Balaban J connectivity index is 2.10. The highest BCUT2D eigenvalue weighted by Crippen LogP contribution is 2.33. The lowest BCUT2D eigenvalue weighted by atomic mass is 10.1. The maximum atomic E-state index is 12.3. The molecule has 4 atom stereocenters. The largest absolute Gasteiger partial charge is 0.317 e. The molecule has 2 nitrogen and oxygen atoms in total. The second-order valence-electron chi connectivity index (χ2n) is 4.10. The van der Waals surface area contributed by atoms with Gasteiger partial charge in [0, 0.05) is 11.3 Å². The summed E-state index contributed by atoms with van der Waals surface area (Å²) in [6, 6.07) is 4.51. The van der Waals surface area contributed by atoms with Crippen molar-refractivity contribution < 1.29 is 4.21 Å². The Kier molecular flexibility index (Phi) is 3.59. The quantitative estimate of drug-likeness (QED) is 0.882. The first-order valence-electron chi connectivity index (χ1n) is 5.35. The summed E-state index contributed by atoms with van der Waals surface area (Å²) in [5, 5.41) is 5.65. The normalized spacial score (nSPS) is 33.1. The van der Waals surface area contributed by atoms with E-state index in [1.165, 1.54) is 0 Å². The van der Waals surface area contributed by atoms with E-state index in [4.69, 9.17) is 0 Å². The van der Waals surface area contributed by atoms with Crippen molar-refractivity contribution in [3.8, 4) is 0 Å². The third-order valence-corrected chi connectivity index (χ3v) is 6.51. The van der Waals surface area contributed by atoms with Crippen LogP contribution in [0.1, 0.15) is 19.8 Å². The van der Waals surface area contributed by atoms with Gasteiger partial charge in [-0.2, -0.15) is 0 Å². The maximum absolute atomic E-state index is 12.3. The van der Waals surface area contributed by atoms with E-state index in [-0.39, 0.29) is 0 Å². The van der Waals surface area contributed by atoms with Crippen molar-refractivity contribution in [2.45, 2.75) is 35.3 Å². The van der Waals surface area contributed by atoms with Gasteiger partial charge >= 0.3 is 0 Å². The van der Waals surface area contributed by atoms with Gasteiger partial charge in [0.25, 0.3) is 0 Å². The first-order valence-corrected chi connectivity index (χ1v) is 7.44. The van der Waals surface area contributed by atoms with E-state index in [9.17, 15) is 4.21 Å². The van der Waals surface area contributed by atoms with Crippen LogP contribution in [0.3, 0.4) is 0 Å². The molecule has 1 aliphatic carbocycles. The summed E-state index contributed by atoms with van der Waals surface area (Å²) in [4.78, 5) is 0. The number of rotatable bonds is 3. The number of hydrogen-bond donors (Lipinski definition) is 1. The highest BCUT2D eigenvalue weighted by molar-refractivity contribution is 7.87. The maximum Gasteiger partial charge on any atom is 0.0913 e. The van der Waals surface area contributed by atoms with Crippen molar-refractivity contribution in [1.29, 1.82) is 0 Å². The third-order valence-electron chi connectivity index (χ3n) is 3.32. The summed E-state index contributed by atoms with van der Waals surface area (Å²) in [6.45, 7) is 2.21. The molecule has 0 radical (unpaired) electrons. The van der Waals surface area contributed by atoms with Crippen molar-refractivity contribution in [1.82, 2.24) is 5.32 Å². The molecule has 4 unspecified atom stereocenters. The van der Waals surface area contributed by atoms with E-state index in [0.717, 1.165) is 17.1 Å². The first-order chi connectivity index (χ1) is 7.24. The molecule has 2 rings (SSSR count). The average molecular weight is 243 g/mol. The van der Waals surface area contributed by atoms with Crippen molar-refractivity contribution in [2.24, 2.45) is 5.92 Å². The van der Waals surface area contributed by atoms with Crippen LogP contribution in [0.15, 0.2) is 21.7 Å². The minimum atomic E-state index is -0.801. The summed E-state index contributed by atoms with van der Waals surface area (Å²) in [5.74, 6) is 0.512.